The smallest absolute Gasteiger partial charge is 0.407 e. The number of halogens is 1. The maximum atomic E-state index is 13.7. The van der Waals surface area contributed by atoms with Crippen LogP contribution in [0.3, 0.4) is 0 Å². The molecule has 1 atom stereocenters. The Balaban J connectivity index is 1.68. The number of anilines is 2. The number of benzene rings is 1. The lowest BCUT2D eigenvalue weighted by Gasteiger charge is -2.24. The van der Waals surface area contributed by atoms with Gasteiger partial charge in [0, 0.05) is 13.1 Å². The molecule has 1 aliphatic rings. The summed E-state index contributed by atoms with van der Waals surface area (Å²) in [4.78, 5) is 38.6. The van der Waals surface area contributed by atoms with Crippen LogP contribution in [0, 0.1) is 17.2 Å². The van der Waals surface area contributed by atoms with Crippen molar-refractivity contribution in [2.45, 2.75) is 58.2 Å². The predicted molar refractivity (Wildman–Crippen MR) is 140 cm³/mol. The quantitative estimate of drug-likeness (QED) is 0.372. The molecule has 1 saturated carbocycles. The molecule has 0 radical (unpaired) electrons. The van der Waals surface area contributed by atoms with E-state index in [0.29, 0.717) is 34.7 Å². The number of nitrogens with one attached hydrogen (secondary N) is 2. The molecular formula is C25H29ClN8O3. The van der Waals surface area contributed by atoms with Crippen molar-refractivity contribution in [3.05, 3.63) is 51.3 Å². The number of hydrogen-bond acceptors (Lipinski definition) is 9. The molecule has 12 heteroatoms. The monoisotopic (exact) mass is 524 g/mol. The number of carbonyl (C=O) groups excluding carboxylic acids is 1. The maximum absolute atomic E-state index is 13.7. The molecule has 1 amide bonds. The zero-order valence-corrected chi connectivity index (χ0v) is 21.7. The summed E-state index contributed by atoms with van der Waals surface area (Å²) in [6, 6.07) is 6.78. The maximum Gasteiger partial charge on any atom is 0.407 e. The summed E-state index contributed by atoms with van der Waals surface area (Å²) in [5, 5.41) is 16.2. The molecule has 11 nitrogen and oxygen atoms in total. The van der Waals surface area contributed by atoms with Gasteiger partial charge in [0.25, 0.3) is 5.56 Å². The van der Waals surface area contributed by atoms with Crippen LogP contribution in [0.1, 0.15) is 57.5 Å². The Morgan fingerprint density at radius 1 is 1.35 bits per heavy atom. The van der Waals surface area contributed by atoms with Crippen molar-refractivity contribution >= 4 is 40.2 Å². The Morgan fingerprint density at radius 2 is 2.11 bits per heavy atom. The Bertz CT molecular complexity index is 1420. The number of carbonyl (C=O) groups is 1. The topological polar surface area (TPSA) is 161 Å². The lowest BCUT2D eigenvalue weighted by molar-refractivity contribution is 0.0526. The van der Waals surface area contributed by atoms with Gasteiger partial charge in [0.05, 0.1) is 22.0 Å². The van der Waals surface area contributed by atoms with Crippen LogP contribution >= 0.6 is 11.6 Å². The molecule has 2 aromatic heterocycles. The summed E-state index contributed by atoms with van der Waals surface area (Å²) in [6.45, 7) is 5.94. The van der Waals surface area contributed by atoms with E-state index in [-0.39, 0.29) is 35.2 Å². The van der Waals surface area contributed by atoms with Crippen LogP contribution in [0.15, 0.2) is 29.3 Å². The number of nitrogens with zero attached hydrogens (tertiary/aromatic N) is 5. The Morgan fingerprint density at radius 3 is 2.78 bits per heavy atom. The SMILES string of the molecule is CC(C)(C)OC(=O)NCCCn1c([C@@H](Nc2ncnc(N)c2C#N)C2CC2)nc2cccc(Cl)c2c1=O. The molecule has 1 fully saturated rings. The van der Waals surface area contributed by atoms with Crippen LogP contribution in [-0.4, -0.2) is 37.8 Å². The van der Waals surface area contributed by atoms with Crippen molar-refractivity contribution in [2.24, 2.45) is 5.92 Å². The third kappa shape index (κ3) is 6.09. The van der Waals surface area contributed by atoms with Gasteiger partial charge in [-0.05, 0) is 58.1 Å². The van der Waals surface area contributed by atoms with Crippen LogP contribution in [-0.2, 0) is 11.3 Å². The predicted octanol–water partition coefficient (Wildman–Crippen LogP) is 3.77. The number of hydrogen-bond donors (Lipinski definition) is 3. The molecule has 1 aromatic carbocycles. The fourth-order valence-corrected chi connectivity index (χ4v) is 4.28. The Kier molecular flexibility index (Phi) is 7.50. The van der Waals surface area contributed by atoms with Crippen LogP contribution in [0.25, 0.3) is 10.9 Å². The fraction of sp³-hybridized carbons (Fsp3) is 0.440. The molecule has 0 aliphatic heterocycles. The number of rotatable bonds is 8. The van der Waals surface area contributed by atoms with Crippen molar-refractivity contribution in [1.29, 1.82) is 5.26 Å². The summed E-state index contributed by atoms with van der Waals surface area (Å²) in [5.41, 5.74) is 5.60. The van der Waals surface area contributed by atoms with E-state index >= 15 is 0 Å². The first kappa shape index (κ1) is 26.2. The summed E-state index contributed by atoms with van der Waals surface area (Å²) in [7, 11) is 0. The molecule has 4 rings (SSSR count). The number of alkyl carbamates (subject to hydrolysis) is 1. The average molecular weight is 525 g/mol. The summed E-state index contributed by atoms with van der Waals surface area (Å²) >= 11 is 6.38. The van der Waals surface area contributed by atoms with E-state index in [2.05, 4.69) is 20.6 Å². The van der Waals surface area contributed by atoms with E-state index < -0.39 is 17.7 Å². The molecular weight excluding hydrogens is 496 g/mol. The van der Waals surface area contributed by atoms with E-state index in [4.69, 9.17) is 27.1 Å². The third-order valence-electron chi connectivity index (χ3n) is 5.84. The average Bonchev–Trinajstić information content (AvgIpc) is 3.65. The van der Waals surface area contributed by atoms with E-state index in [1.807, 2.05) is 6.07 Å². The number of nitriles is 1. The van der Waals surface area contributed by atoms with Gasteiger partial charge in [-0.1, -0.05) is 17.7 Å². The molecule has 2 heterocycles. The highest BCUT2D eigenvalue weighted by Gasteiger charge is 2.36. The van der Waals surface area contributed by atoms with Gasteiger partial charge in [0.15, 0.2) is 0 Å². The number of aromatic nitrogens is 4. The summed E-state index contributed by atoms with van der Waals surface area (Å²) in [6.07, 6.45) is 3.05. The summed E-state index contributed by atoms with van der Waals surface area (Å²) < 4.78 is 6.86. The number of nitrogens with two attached hydrogens (primary N) is 1. The van der Waals surface area contributed by atoms with E-state index in [1.54, 1.807) is 43.5 Å². The normalized spacial score (nSPS) is 14.1. The standard InChI is InChI=1S/C25H29ClN8O3/c1-25(2,3)37-24(36)29-10-5-11-34-22(32-17-7-4-6-16(26)18(17)23(34)35)19(14-8-9-14)33-21-15(12-27)20(28)30-13-31-21/h4,6-7,13-14,19H,5,8-11H2,1-3H3,(H,29,36)(H3,28,30,31,33)/t19-/m0/s1. The third-order valence-corrected chi connectivity index (χ3v) is 6.16. The largest absolute Gasteiger partial charge is 0.444 e. The number of nitrogen functional groups attached to an aromatic ring is 1. The van der Waals surface area contributed by atoms with Crippen LogP contribution in [0.2, 0.25) is 5.02 Å². The van der Waals surface area contributed by atoms with Crippen molar-refractivity contribution in [2.75, 3.05) is 17.6 Å². The second kappa shape index (κ2) is 10.6. The van der Waals surface area contributed by atoms with Crippen LogP contribution < -0.4 is 21.9 Å². The van der Waals surface area contributed by atoms with Crippen molar-refractivity contribution in [1.82, 2.24) is 24.8 Å². The molecule has 0 bridgehead atoms. The van der Waals surface area contributed by atoms with Gasteiger partial charge in [-0.3, -0.25) is 9.36 Å². The zero-order valence-electron chi connectivity index (χ0n) is 20.9. The lowest BCUT2D eigenvalue weighted by atomic mass is 10.1. The minimum atomic E-state index is -0.608. The van der Waals surface area contributed by atoms with E-state index in [9.17, 15) is 14.9 Å². The highest BCUT2D eigenvalue weighted by molar-refractivity contribution is 6.35. The highest BCUT2D eigenvalue weighted by atomic mass is 35.5. The lowest BCUT2D eigenvalue weighted by Crippen LogP contribution is -2.34. The molecule has 0 unspecified atom stereocenters. The minimum Gasteiger partial charge on any atom is -0.444 e. The first-order valence-electron chi connectivity index (χ1n) is 12.0. The molecule has 194 valence electrons. The molecule has 0 saturated heterocycles. The van der Waals surface area contributed by atoms with Crippen molar-refractivity contribution in [3.63, 3.8) is 0 Å². The Labute approximate surface area is 219 Å². The first-order chi connectivity index (χ1) is 17.6. The van der Waals surface area contributed by atoms with Gasteiger partial charge in [-0.15, -0.1) is 0 Å². The van der Waals surface area contributed by atoms with Gasteiger partial charge in [0.1, 0.15) is 41.0 Å². The number of fused-ring (bicyclic) bond motifs is 1. The molecule has 4 N–H and O–H groups in total. The minimum absolute atomic E-state index is 0.0680. The van der Waals surface area contributed by atoms with Crippen molar-refractivity contribution in [3.8, 4) is 6.07 Å². The molecule has 1 aliphatic carbocycles. The highest BCUT2D eigenvalue weighted by Crippen LogP contribution is 2.42. The second-order valence-electron chi connectivity index (χ2n) is 9.90. The van der Waals surface area contributed by atoms with Crippen LogP contribution in [0.4, 0.5) is 16.4 Å². The van der Waals surface area contributed by atoms with Gasteiger partial charge in [-0.2, -0.15) is 5.26 Å². The van der Waals surface area contributed by atoms with Gasteiger partial charge < -0.3 is 21.1 Å². The van der Waals surface area contributed by atoms with Crippen LogP contribution in [0.5, 0.6) is 0 Å². The second-order valence-corrected chi connectivity index (χ2v) is 10.3. The fourth-order valence-electron chi connectivity index (χ4n) is 4.02. The first-order valence-corrected chi connectivity index (χ1v) is 12.4. The van der Waals surface area contributed by atoms with E-state index in [1.165, 1.54) is 6.33 Å². The Hall–Kier alpha value is -3.91. The molecule has 3 aromatic rings. The van der Waals surface area contributed by atoms with Gasteiger partial charge >= 0.3 is 6.09 Å². The van der Waals surface area contributed by atoms with E-state index in [0.717, 1.165) is 12.8 Å². The number of amides is 1. The van der Waals surface area contributed by atoms with Gasteiger partial charge in [0.2, 0.25) is 0 Å². The number of ether oxygens (including phenoxy) is 1. The van der Waals surface area contributed by atoms with Gasteiger partial charge in [-0.25, -0.2) is 19.7 Å². The van der Waals surface area contributed by atoms with Crippen molar-refractivity contribution < 1.29 is 9.53 Å². The summed E-state index contributed by atoms with van der Waals surface area (Å²) in [5.74, 6) is 1.03. The zero-order chi connectivity index (χ0) is 26.7. The molecule has 0 spiro atoms. The molecule has 37 heavy (non-hydrogen) atoms.